The average Bonchev–Trinajstić information content (AvgIpc) is 2.48. The van der Waals surface area contributed by atoms with Gasteiger partial charge in [0, 0.05) is 19.0 Å². The van der Waals surface area contributed by atoms with E-state index in [1.165, 1.54) is 0 Å². The summed E-state index contributed by atoms with van der Waals surface area (Å²) in [6.45, 7) is 1.86. The highest BCUT2D eigenvalue weighted by atomic mass is 19.1. The van der Waals surface area contributed by atoms with E-state index in [9.17, 15) is 9.18 Å². The Bertz CT molecular complexity index is 163. The van der Waals surface area contributed by atoms with E-state index in [1.807, 2.05) is 4.90 Å². The number of aliphatic carboxylic acids is 1. The van der Waals surface area contributed by atoms with Crippen molar-refractivity contribution >= 4 is 5.97 Å². The van der Waals surface area contributed by atoms with E-state index in [4.69, 9.17) is 5.11 Å². The van der Waals surface area contributed by atoms with Crippen LogP contribution in [0.2, 0.25) is 0 Å². The molecule has 0 aromatic heterocycles. The number of alkyl halides is 1. The van der Waals surface area contributed by atoms with Crippen LogP contribution in [-0.2, 0) is 4.79 Å². The predicted octanol–water partition coefficient (Wildman–Crippen LogP) is 0.752. The summed E-state index contributed by atoms with van der Waals surface area (Å²) >= 11 is 0. The Hall–Kier alpha value is -0.640. The fourth-order valence-electron chi connectivity index (χ4n) is 1.50. The van der Waals surface area contributed by atoms with Crippen molar-refractivity contribution in [1.29, 1.82) is 0 Å². The summed E-state index contributed by atoms with van der Waals surface area (Å²) in [6, 6.07) is 0. The first-order chi connectivity index (χ1) is 5.72. The van der Waals surface area contributed by atoms with E-state index in [1.54, 1.807) is 0 Å². The van der Waals surface area contributed by atoms with Crippen LogP contribution in [0.25, 0.3) is 0 Å². The molecule has 0 radical (unpaired) electrons. The van der Waals surface area contributed by atoms with E-state index >= 15 is 0 Å². The van der Waals surface area contributed by atoms with Crippen LogP contribution in [-0.4, -0.2) is 42.3 Å². The molecule has 0 bridgehead atoms. The van der Waals surface area contributed by atoms with Crippen LogP contribution < -0.4 is 0 Å². The maximum Gasteiger partial charge on any atom is 0.304 e. The summed E-state index contributed by atoms with van der Waals surface area (Å²) in [4.78, 5) is 12.2. The number of rotatable bonds is 4. The monoisotopic (exact) mass is 175 g/mol. The fourth-order valence-corrected chi connectivity index (χ4v) is 1.50. The lowest BCUT2D eigenvalue weighted by Crippen LogP contribution is -2.24. The lowest BCUT2D eigenvalue weighted by molar-refractivity contribution is -0.137. The number of halogens is 1. The Balaban J connectivity index is 2.15. The maximum atomic E-state index is 12.1. The third-order valence-corrected chi connectivity index (χ3v) is 2.23. The van der Waals surface area contributed by atoms with Gasteiger partial charge < -0.3 is 10.0 Å². The molecule has 1 rings (SSSR count). The zero-order valence-corrected chi connectivity index (χ0v) is 7.00. The minimum atomic E-state index is -0.779. The molecule has 70 valence electrons. The lowest BCUT2D eigenvalue weighted by atomic mass is 10.1. The Kier molecular flexibility index (Phi) is 3.47. The molecule has 0 aliphatic carbocycles. The fraction of sp³-hybridized carbons (Fsp3) is 0.875. The molecule has 1 saturated heterocycles. The Labute approximate surface area is 71.2 Å². The van der Waals surface area contributed by atoms with Gasteiger partial charge in [0.2, 0.25) is 0 Å². The minimum absolute atomic E-state index is 0.138. The molecule has 12 heavy (non-hydrogen) atoms. The smallest absolute Gasteiger partial charge is 0.304 e. The molecule has 1 aliphatic heterocycles. The average molecular weight is 175 g/mol. The molecule has 0 aromatic rings. The van der Waals surface area contributed by atoms with E-state index < -0.39 is 5.97 Å². The van der Waals surface area contributed by atoms with Crippen molar-refractivity contribution in [3.63, 3.8) is 0 Å². The second kappa shape index (κ2) is 4.40. The van der Waals surface area contributed by atoms with Crippen LogP contribution >= 0.6 is 0 Å². The summed E-state index contributed by atoms with van der Waals surface area (Å²) in [7, 11) is 0. The summed E-state index contributed by atoms with van der Waals surface area (Å²) in [6.07, 6.45) is 1.04. The van der Waals surface area contributed by atoms with E-state index in [2.05, 4.69) is 0 Å². The molecule has 4 heteroatoms. The van der Waals surface area contributed by atoms with Crippen molar-refractivity contribution in [2.75, 3.05) is 26.3 Å². The third-order valence-electron chi connectivity index (χ3n) is 2.23. The standard InChI is InChI=1S/C8H14FNO2/c9-5-7-1-3-10(6-7)4-2-8(11)12/h7H,1-6H2,(H,11,12). The SMILES string of the molecule is O=C(O)CCN1CCC(CF)C1. The molecule has 1 heterocycles. The first kappa shape index (κ1) is 9.45. The van der Waals surface area contributed by atoms with Crippen molar-refractivity contribution in [3.8, 4) is 0 Å². The molecular weight excluding hydrogens is 161 g/mol. The highest BCUT2D eigenvalue weighted by molar-refractivity contribution is 5.66. The normalized spacial score (nSPS) is 24.6. The molecule has 0 spiro atoms. The number of carbonyl (C=O) groups is 1. The van der Waals surface area contributed by atoms with Crippen molar-refractivity contribution in [2.24, 2.45) is 5.92 Å². The van der Waals surface area contributed by atoms with E-state index in [0.29, 0.717) is 6.54 Å². The number of hydrogen-bond acceptors (Lipinski definition) is 2. The molecule has 1 unspecified atom stereocenters. The van der Waals surface area contributed by atoms with Crippen LogP contribution in [0.15, 0.2) is 0 Å². The highest BCUT2D eigenvalue weighted by Crippen LogP contribution is 2.16. The Morgan fingerprint density at radius 3 is 2.92 bits per heavy atom. The van der Waals surface area contributed by atoms with Crippen molar-refractivity contribution in [1.82, 2.24) is 4.90 Å². The van der Waals surface area contributed by atoms with E-state index in [-0.39, 0.29) is 19.0 Å². The largest absolute Gasteiger partial charge is 0.481 e. The quantitative estimate of drug-likeness (QED) is 0.685. The third kappa shape index (κ3) is 2.77. The van der Waals surface area contributed by atoms with Crippen LogP contribution in [0.1, 0.15) is 12.8 Å². The van der Waals surface area contributed by atoms with E-state index in [0.717, 1.165) is 19.5 Å². The van der Waals surface area contributed by atoms with Gasteiger partial charge in [-0.1, -0.05) is 0 Å². The van der Waals surface area contributed by atoms with Gasteiger partial charge in [0.1, 0.15) is 0 Å². The number of likely N-dealkylation sites (tertiary alicyclic amines) is 1. The van der Waals surface area contributed by atoms with Gasteiger partial charge in [-0.05, 0) is 13.0 Å². The second-order valence-electron chi connectivity index (χ2n) is 3.25. The number of nitrogens with zero attached hydrogens (tertiary/aromatic N) is 1. The topological polar surface area (TPSA) is 40.5 Å². The second-order valence-corrected chi connectivity index (χ2v) is 3.25. The van der Waals surface area contributed by atoms with Gasteiger partial charge in [-0.15, -0.1) is 0 Å². The van der Waals surface area contributed by atoms with Crippen molar-refractivity contribution in [3.05, 3.63) is 0 Å². The number of carboxylic acids is 1. The molecule has 0 aromatic carbocycles. The summed E-state index contributed by atoms with van der Waals surface area (Å²) in [5, 5.41) is 8.40. The molecule has 0 saturated carbocycles. The summed E-state index contributed by atoms with van der Waals surface area (Å²) in [5.41, 5.74) is 0. The predicted molar refractivity (Wildman–Crippen MR) is 42.8 cm³/mol. The zero-order chi connectivity index (χ0) is 8.97. The molecule has 1 aliphatic rings. The van der Waals surface area contributed by atoms with Gasteiger partial charge in [0.05, 0.1) is 13.1 Å². The first-order valence-corrected chi connectivity index (χ1v) is 4.22. The number of carboxylic acid groups (broad SMARTS) is 1. The number of hydrogen-bond donors (Lipinski definition) is 1. The van der Waals surface area contributed by atoms with Crippen molar-refractivity contribution < 1.29 is 14.3 Å². The van der Waals surface area contributed by atoms with Gasteiger partial charge in [0.15, 0.2) is 0 Å². The van der Waals surface area contributed by atoms with Gasteiger partial charge in [-0.3, -0.25) is 9.18 Å². The molecule has 3 nitrogen and oxygen atoms in total. The molecule has 1 fully saturated rings. The first-order valence-electron chi connectivity index (χ1n) is 4.22. The summed E-state index contributed by atoms with van der Waals surface area (Å²) < 4.78 is 12.1. The van der Waals surface area contributed by atoms with Crippen LogP contribution in [0.4, 0.5) is 4.39 Å². The van der Waals surface area contributed by atoms with Crippen LogP contribution in [0.5, 0.6) is 0 Å². The Morgan fingerprint density at radius 1 is 1.67 bits per heavy atom. The Morgan fingerprint density at radius 2 is 2.42 bits per heavy atom. The van der Waals surface area contributed by atoms with Crippen LogP contribution in [0, 0.1) is 5.92 Å². The van der Waals surface area contributed by atoms with Crippen LogP contribution in [0.3, 0.4) is 0 Å². The lowest BCUT2D eigenvalue weighted by Gasteiger charge is -2.12. The molecule has 1 N–H and O–H groups in total. The molecule has 0 amide bonds. The highest BCUT2D eigenvalue weighted by Gasteiger charge is 2.21. The maximum absolute atomic E-state index is 12.1. The van der Waals surface area contributed by atoms with Gasteiger partial charge >= 0.3 is 5.97 Å². The molecule has 1 atom stereocenters. The van der Waals surface area contributed by atoms with Gasteiger partial charge in [0.25, 0.3) is 0 Å². The zero-order valence-electron chi connectivity index (χ0n) is 7.00. The summed E-state index contributed by atoms with van der Waals surface area (Å²) in [5.74, 6) is -0.641. The van der Waals surface area contributed by atoms with Gasteiger partial charge in [-0.25, -0.2) is 0 Å². The molecular formula is C8H14FNO2. The van der Waals surface area contributed by atoms with Crippen molar-refractivity contribution in [2.45, 2.75) is 12.8 Å². The van der Waals surface area contributed by atoms with Gasteiger partial charge in [-0.2, -0.15) is 0 Å². The minimum Gasteiger partial charge on any atom is -0.481 e.